The van der Waals surface area contributed by atoms with Crippen LogP contribution in [0.2, 0.25) is 0 Å². The monoisotopic (exact) mass is 248 g/mol. The maximum atomic E-state index is 5.83. The molecule has 1 atom stereocenters. The summed E-state index contributed by atoms with van der Waals surface area (Å²) in [5, 5.41) is 0. The van der Waals surface area contributed by atoms with E-state index >= 15 is 0 Å². The van der Waals surface area contributed by atoms with Crippen LogP contribution in [-0.4, -0.2) is 25.0 Å². The van der Waals surface area contributed by atoms with Gasteiger partial charge in [0.25, 0.3) is 0 Å². The number of rotatable bonds is 7. The summed E-state index contributed by atoms with van der Waals surface area (Å²) in [6.07, 6.45) is 1.11. The molecule has 0 saturated heterocycles. The summed E-state index contributed by atoms with van der Waals surface area (Å²) < 4.78 is 0. The molecule has 0 fully saturated rings. The first kappa shape index (κ1) is 15.2. The fraction of sp³-hybridized carbons (Fsp3) is 0.625. The molecule has 0 aliphatic carbocycles. The molecule has 0 bridgehead atoms. The summed E-state index contributed by atoms with van der Waals surface area (Å²) in [6, 6.07) is 8.93. The van der Waals surface area contributed by atoms with Gasteiger partial charge in [-0.2, -0.15) is 0 Å². The van der Waals surface area contributed by atoms with Gasteiger partial charge in [-0.1, -0.05) is 45.0 Å². The Kier molecular flexibility index (Phi) is 6.37. The van der Waals surface area contributed by atoms with Crippen molar-refractivity contribution in [2.24, 2.45) is 17.6 Å². The van der Waals surface area contributed by atoms with Crippen molar-refractivity contribution in [3.05, 3.63) is 35.4 Å². The van der Waals surface area contributed by atoms with E-state index in [1.165, 1.54) is 11.1 Å². The summed E-state index contributed by atoms with van der Waals surface area (Å²) in [7, 11) is 2.18. The smallest absolute Gasteiger partial charge is 0.0230 e. The fourth-order valence-corrected chi connectivity index (χ4v) is 2.21. The zero-order chi connectivity index (χ0) is 13.5. The van der Waals surface area contributed by atoms with Crippen molar-refractivity contribution >= 4 is 0 Å². The van der Waals surface area contributed by atoms with Crippen molar-refractivity contribution < 1.29 is 0 Å². The van der Waals surface area contributed by atoms with E-state index in [9.17, 15) is 0 Å². The van der Waals surface area contributed by atoms with E-state index in [1.54, 1.807) is 0 Å². The van der Waals surface area contributed by atoms with E-state index in [0.717, 1.165) is 26.1 Å². The van der Waals surface area contributed by atoms with Gasteiger partial charge < -0.3 is 10.6 Å². The first-order chi connectivity index (χ1) is 8.56. The Morgan fingerprint density at radius 2 is 1.67 bits per heavy atom. The van der Waals surface area contributed by atoms with Crippen molar-refractivity contribution in [1.82, 2.24) is 4.90 Å². The molecule has 0 saturated carbocycles. The van der Waals surface area contributed by atoms with Gasteiger partial charge in [0.1, 0.15) is 0 Å². The van der Waals surface area contributed by atoms with Crippen molar-refractivity contribution in [3.8, 4) is 0 Å². The second kappa shape index (κ2) is 7.55. The van der Waals surface area contributed by atoms with Gasteiger partial charge in [-0.3, -0.25) is 0 Å². The fourth-order valence-electron chi connectivity index (χ4n) is 2.21. The van der Waals surface area contributed by atoms with Crippen LogP contribution < -0.4 is 5.73 Å². The van der Waals surface area contributed by atoms with Crippen LogP contribution >= 0.6 is 0 Å². The van der Waals surface area contributed by atoms with Gasteiger partial charge in [0.15, 0.2) is 0 Å². The lowest BCUT2D eigenvalue weighted by atomic mass is 9.95. The topological polar surface area (TPSA) is 29.3 Å². The van der Waals surface area contributed by atoms with Gasteiger partial charge in [-0.05, 0) is 43.0 Å². The summed E-state index contributed by atoms with van der Waals surface area (Å²) >= 11 is 0. The number of hydrogen-bond donors (Lipinski definition) is 1. The van der Waals surface area contributed by atoms with Crippen LogP contribution in [-0.2, 0) is 13.0 Å². The molecule has 0 spiro atoms. The summed E-state index contributed by atoms with van der Waals surface area (Å²) in [4.78, 5) is 2.37. The van der Waals surface area contributed by atoms with Crippen LogP contribution in [0.1, 0.15) is 31.9 Å². The third-order valence-electron chi connectivity index (χ3n) is 3.68. The highest BCUT2D eigenvalue weighted by molar-refractivity contribution is 5.22. The molecule has 0 amide bonds. The molecule has 0 radical (unpaired) electrons. The van der Waals surface area contributed by atoms with E-state index < -0.39 is 0 Å². The molecule has 1 rings (SSSR count). The number of benzene rings is 1. The highest BCUT2D eigenvalue weighted by Gasteiger charge is 2.13. The first-order valence-electron chi connectivity index (χ1n) is 7.03. The predicted molar refractivity (Wildman–Crippen MR) is 79.5 cm³/mol. The Balaban J connectivity index is 2.50. The standard InChI is InChI=1S/C16H28N2/c1-5-14-6-8-15(9-7-14)11-18(4)12-16(10-17)13(2)3/h6-9,13,16H,5,10-12,17H2,1-4H3. The normalized spacial score (nSPS) is 13.3. The Morgan fingerprint density at radius 1 is 1.11 bits per heavy atom. The third-order valence-corrected chi connectivity index (χ3v) is 3.68. The van der Waals surface area contributed by atoms with E-state index in [2.05, 4.69) is 57.0 Å². The molecule has 0 aliphatic heterocycles. The number of nitrogens with zero attached hydrogens (tertiary/aromatic N) is 1. The summed E-state index contributed by atoms with van der Waals surface area (Å²) in [5.41, 5.74) is 8.62. The second-order valence-corrected chi connectivity index (χ2v) is 5.61. The molecule has 1 aromatic carbocycles. The highest BCUT2D eigenvalue weighted by atomic mass is 15.1. The van der Waals surface area contributed by atoms with Gasteiger partial charge in [-0.25, -0.2) is 0 Å². The van der Waals surface area contributed by atoms with Gasteiger partial charge in [-0.15, -0.1) is 0 Å². The Morgan fingerprint density at radius 3 is 2.11 bits per heavy atom. The molecule has 2 nitrogen and oxygen atoms in total. The molecule has 102 valence electrons. The summed E-state index contributed by atoms with van der Waals surface area (Å²) in [6.45, 7) is 9.55. The molecule has 0 aliphatic rings. The minimum atomic E-state index is 0.588. The molecular formula is C16H28N2. The van der Waals surface area contributed by atoms with Crippen LogP contribution in [0.15, 0.2) is 24.3 Å². The zero-order valence-electron chi connectivity index (χ0n) is 12.3. The minimum absolute atomic E-state index is 0.588. The lowest BCUT2D eigenvalue weighted by molar-refractivity contribution is 0.234. The SMILES string of the molecule is CCc1ccc(CN(C)CC(CN)C(C)C)cc1. The van der Waals surface area contributed by atoms with Crippen LogP contribution in [0.3, 0.4) is 0 Å². The average molecular weight is 248 g/mol. The average Bonchev–Trinajstić information content (AvgIpc) is 2.36. The zero-order valence-corrected chi connectivity index (χ0v) is 12.3. The molecular weight excluding hydrogens is 220 g/mol. The van der Waals surface area contributed by atoms with Crippen LogP contribution in [0.5, 0.6) is 0 Å². The van der Waals surface area contributed by atoms with Crippen LogP contribution in [0, 0.1) is 11.8 Å². The van der Waals surface area contributed by atoms with E-state index in [-0.39, 0.29) is 0 Å². The predicted octanol–water partition coefficient (Wildman–Crippen LogP) is 2.91. The second-order valence-electron chi connectivity index (χ2n) is 5.61. The van der Waals surface area contributed by atoms with Gasteiger partial charge in [0.05, 0.1) is 0 Å². The van der Waals surface area contributed by atoms with Crippen molar-refractivity contribution in [1.29, 1.82) is 0 Å². The van der Waals surface area contributed by atoms with Gasteiger partial charge in [0, 0.05) is 13.1 Å². The number of hydrogen-bond acceptors (Lipinski definition) is 2. The molecule has 1 unspecified atom stereocenters. The molecule has 0 aromatic heterocycles. The Labute approximate surface area is 112 Å². The van der Waals surface area contributed by atoms with E-state index in [0.29, 0.717) is 11.8 Å². The Bertz CT molecular complexity index is 329. The maximum absolute atomic E-state index is 5.83. The molecule has 1 aromatic rings. The Hall–Kier alpha value is -0.860. The molecule has 2 N–H and O–H groups in total. The minimum Gasteiger partial charge on any atom is -0.330 e. The summed E-state index contributed by atoms with van der Waals surface area (Å²) in [5.74, 6) is 1.24. The van der Waals surface area contributed by atoms with Crippen molar-refractivity contribution in [3.63, 3.8) is 0 Å². The first-order valence-corrected chi connectivity index (χ1v) is 7.03. The number of nitrogens with two attached hydrogens (primary N) is 1. The highest BCUT2D eigenvalue weighted by Crippen LogP contribution is 2.13. The number of aryl methyl sites for hydroxylation is 1. The molecule has 18 heavy (non-hydrogen) atoms. The van der Waals surface area contributed by atoms with Crippen LogP contribution in [0.4, 0.5) is 0 Å². The van der Waals surface area contributed by atoms with Crippen LogP contribution in [0.25, 0.3) is 0 Å². The van der Waals surface area contributed by atoms with Crippen molar-refractivity contribution in [2.75, 3.05) is 20.1 Å². The van der Waals surface area contributed by atoms with E-state index in [1.807, 2.05) is 0 Å². The van der Waals surface area contributed by atoms with Gasteiger partial charge in [0.2, 0.25) is 0 Å². The quantitative estimate of drug-likeness (QED) is 0.804. The lowest BCUT2D eigenvalue weighted by Gasteiger charge is -2.25. The molecule has 0 heterocycles. The molecule has 2 heteroatoms. The third kappa shape index (κ3) is 4.79. The van der Waals surface area contributed by atoms with Gasteiger partial charge >= 0.3 is 0 Å². The van der Waals surface area contributed by atoms with E-state index in [4.69, 9.17) is 5.73 Å². The largest absolute Gasteiger partial charge is 0.330 e. The van der Waals surface area contributed by atoms with Crippen molar-refractivity contribution in [2.45, 2.75) is 33.7 Å². The maximum Gasteiger partial charge on any atom is 0.0230 e. The lowest BCUT2D eigenvalue weighted by Crippen LogP contribution is -2.32.